The minimum absolute atomic E-state index is 0.0422. The fourth-order valence-electron chi connectivity index (χ4n) is 1.34. The van der Waals surface area contributed by atoms with Crippen LogP contribution in [0, 0.1) is 13.8 Å². The molecule has 0 bridgehead atoms. The van der Waals surface area contributed by atoms with Gasteiger partial charge in [-0.2, -0.15) is 0 Å². The minimum Gasteiger partial charge on any atom is -0.392 e. The average Bonchev–Trinajstić information content (AvgIpc) is 2.08. The van der Waals surface area contributed by atoms with Crippen molar-refractivity contribution in [2.45, 2.75) is 27.1 Å². The summed E-state index contributed by atoms with van der Waals surface area (Å²) in [5, 5.41) is 18.0. The van der Waals surface area contributed by atoms with E-state index in [4.69, 9.17) is 10.2 Å². The van der Waals surface area contributed by atoms with E-state index in [9.17, 15) is 0 Å². The third kappa shape index (κ3) is 1.65. The Bertz CT molecular complexity index is 254. The quantitative estimate of drug-likeness (QED) is 0.695. The molecule has 12 heavy (non-hydrogen) atoms. The van der Waals surface area contributed by atoms with Crippen molar-refractivity contribution in [3.05, 3.63) is 34.4 Å². The molecule has 2 heteroatoms. The average molecular weight is 166 g/mol. The van der Waals surface area contributed by atoms with E-state index in [-0.39, 0.29) is 13.2 Å². The van der Waals surface area contributed by atoms with Gasteiger partial charge in [-0.25, -0.2) is 0 Å². The van der Waals surface area contributed by atoms with Crippen molar-refractivity contribution in [1.29, 1.82) is 0 Å². The summed E-state index contributed by atoms with van der Waals surface area (Å²) < 4.78 is 0. The summed E-state index contributed by atoms with van der Waals surface area (Å²) in [6.45, 7) is 3.95. The van der Waals surface area contributed by atoms with Gasteiger partial charge in [0.15, 0.2) is 0 Å². The second-order valence-electron chi connectivity index (χ2n) is 3.02. The van der Waals surface area contributed by atoms with Crippen LogP contribution in [-0.2, 0) is 13.2 Å². The molecule has 1 aromatic rings. The zero-order valence-corrected chi connectivity index (χ0v) is 7.46. The fraction of sp³-hybridized carbons (Fsp3) is 0.400. The number of rotatable bonds is 2. The molecule has 0 saturated heterocycles. The van der Waals surface area contributed by atoms with E-state index in [0.717, 1.165) is 22.3 Å². The zero-order chi connectivity index (χ0) is 9.14. The number of aliphatic hydroxyl groups is 2. The van der Waals surface area contributed by atoms with Gasteiger partial charge < -0.3 is 10.2 Å². The van der Waals surface area contributed by atoms with Crippen LogP contribution in [0.25, 0.3) is 0 Å². The van der Waals surface area contributed by atoms with Crippen LogP contribution in [0.5, 0.6) is 0 Å². The Morgan fingerprint density at radius 1 is 1.00 bits per heavy atom. The normalized spacial score (nSPS) is 10.3. The highest BCUT2D eigenvalue weighted by molar-refractivity contribution is 5.37. The van der Waals surface area contributed by atoms with Gasteiger partial charge in [-0.3, -0.25) is 0 Å². The van der Waals surface area contributed by atoms with E-state index in [1.165, 1.54) is 0 Å². The second-order valence-corrected chi connectivity index (χ2v) is 3.02. The van der Waals surface area contributed by atoms with Crippen molar-refractivity contribution in [3.63, 3.8) is 0 Å². The summed E-state index contributed by atoms with van der Waals surface area (Å²) in [5.41, 5.74) is 3.87. The topological polar surface area (TPSA) is 40.5 Å². The summed E-state index contributed by atoms with van der Waals surface area (Å²) in [6, 6.07) is 3.88. The van der Waals surface area contributed by atoms with Gasteiger partial charge in [-0.05, 0) is 30.5 Å². The van der Waals surface area contributed by atoms with Gasteiger partial charge in [-0.1, -0.05) is 17.7 Å². The molecule has 0 radical (unpaired) electrons. The molecule has 0 amide bonds. The maximum atomic E-state index is 8.98. The van der Waals surface area contributed by atoms with E-state index in [0.29, 0.717) is 0 Å². The van der Waals surface area contributed by atoms with E-state index in [2.05, 4.69) is 0 Å². The Kier molecular flexibility index (Phi) is 2.84. The fourth-order valence-corrected chi connectivity index (χ4v) is 1.34. The van der Waals surface area contributed by atoms with Crippen LogP contribution < -0.4 is 0 Å². The molecule has 0 atom stereocenters. The van der Waals surface area contributed by atoms with Crippen molar-refractivity contribution in [1.82, 2.24) is 0 Å². The first-order valence-electron chi connectivity index (χ1n) is 3.99. The van der Waals surface area contributed by atoms with Crippen molar-refractivity contribution in [3.8, 4) is 0 Å². The summed E-state index contributed by atoms with van der Waals surface area (Å²) in [7, 11) is 0. The van der Waals surface area contributed by atoms with Crippen molar-refractivity contribution >= 4 is 0 Å². The molecule has 0 fully saturated rings. The van der Waals surface area contributed by atoms with E-state index in [1.54, 1.807) is 0 Å². The molecular formula is C10H14O2. The first kappa shape index (κ1) is 9.23. The highest BCUT2D eigenvalue weighted by Crippen LogP contribution is 2.16. The van der Waals surface area contributed by atoms with Gasteiger partial charge in [-0.15, -0.1) is 0 Å². The van der Waals surface area contributed by atoms with Gasteiger partial charge in [0.1, 0.15) is 0 Å². The number of aliphatic hydroxyl groups excluding tert-OH is 2. The largest absolute Gasteiger partial charge is 0.392 e. The molecule has 2 nitrogen and oxygen atoms in total. The minimum atomic E-state index is 0.0422. The molecule has 0 spiro atoms. The molecule has 0 saturated carbocycles. The zero-order valence-electron chi connectivity index (χ0n) is 7.46. The Morgan fingerprint density at radius 3 is 1.75 bits per heavy atom. The molecule has 1 rings (SSSR count). The predicted octanol–water partition coefficient (Wildman–Crippen LogP) is 1.29. The summed E-state index contributed by atoms with van der Waals surface area (Å²) in [4.78, 5) is 0. The molecule has 1 aromatic carbocycles. The number of hydrogen-bond donors (Lipinski definition) is 2. The van der Waals surface area contributed by atoms with Crippen LogP contribution in [0.15, 0.2) is 12.1 Å². The lowest BCUT2D eigenvalue weighted by Crippen LogP contribution is -1.96. The predicted molar refractivity (Wildman–Crippen MR) is 47.8 cm³/mol. The van der Waals surface area contributed by atoms with Crippen LogP contribution in [0.4, 0.5) is 0 Å². The van der Waals surface area contributed by atoms with Crippen molar-refractivity contribution in [2.24, 2.45) is 0 Å². The standard InChI is InChI=1S/C10H14O2/c1-7-3-9(5-11)8(2)10(4-7)6-12/h3-4,11-12H,5-6H2,1-2H3. The van der Waals surface area contributed by atoms with Crippen molar-refractivity contribution in [2.75, 3.05) is 0 Å². The van der Waals surface area contributed by atoms with Crippen LogP contribution in [0.2, 0.25) is 0 Å². The SMILES string of the molecule is Cc1cc(CO)c(C)c(CO)c1. The second kappa shape index (κ2) is 3.70. The molecular weight excluding hydrogens is 152 g/mol. The van der Waals surface area contributed by atoms with Gasteiger partial charge in [0.2, 0.25) is 0 Å². The van der Waals surface area contributed by atoms with Crippen LogP contribution in [0.3, 0.4) is 0 Å². The molecule has 2 N–H and O–H groups in total. The lowest BCUT2D eigenvalue weighted by atomic mass is 10.0. The van der Waals surface area contributed by atoms with Crippen LogP contribution >= 0.6 is 0 Å². The summed E-state index contributed by atoms with van der Waals surface area (Å²) >= 11 is 0. The lowest BCUT2D eigenvalue weighted by molar-refractivity contribution is 0.273. The summed E-state index contributed by atoms with van der Waals surface area (Å²) in [5.74, 6) is 0. The molecule has 0 heterocycles. The molecule has 0 aliphatic carbocycles. The molecule has 0 aliphatic heterocycles. The van der Waals surface area contributed by atoms with Gasteiger partial charge in [0.25, 0.3) is 0 Å². The third-order valence-corrected chi connectivity index (χ3v) is 2.11. The van der Waals surface area contributed by atoms with Gasteiger partial charge >= 0.3 is 0 Å². The summed E-state index contributed by atoms with van der Waals surface area (Å²) in [6.07, 6.45) is 0. The van der Waals surface area contributed by atoms with E-state index < -0.39 is 0 Å². The third-order valence-electron chi connectivity index (χ3n) is 2.11. The molecule has 0 aliphatic rings. The molecule has 0 aromatic heterocycles. The first-order valence-corrected chi connectivity index (χ1v) is 3.99. The van der Waals surface area contributed by atoms with Gasteiger partial charge in [0.05, 0.1) is 13.2 Å². The number of benzene rings is 1. The van der Waals surface area contributed by atoms with E-state index in [1.807, 2.05) is 26.0 Å². The maximum absolute atomic E-state index is 8.98. The number of hydrogen-bond acceptors (Lipinski definition) is 2. The highest BCUT2D eigenvalue weighted by Gasteiger charge is 2.03. The van der Waals surface area contributed by atoms with Gasteiger partial charge in [0, 0.05) is 0 Å². The molecule has 0 unspecified atom stereocenters. The highest BCUT2D eigenvalue weighted by atomic mass is 16.3. The monoisotopic (exact) mass is 166 g/mol. The Labute approximate surface area is 72.5 Å². The van der Waals surface area contributed by atoms with Crippen LogP contribution in [0.1, 0.15) is 22.3 Å². The smallest absolute Gasteiger partial charge is 0.0684 e. The Morgan fingerprint density at radius 2 is 1.42 bits per heavy atom. The Balaban J connectivity index is 3.22. The van der Waals surface area contributed by atoms with Crippen LogP contribution in [-0.4, -0.2) is 10.2 Å². The first-order chi connectivity index (χ1) is 5.69. The maximum Gasteiger partial charge on any atom is 0.0684 e. The number of aryl methyl sites for hydroxylation is 1. The lowest BCUT2D eigenvalue weighted by Gasteiger charge is -2.08. The van der Waals surface area contributed by atoms with E-state index >= 15 is 0 Å². The Hall–Kier alpha value is -0.860. The molecule has 66 valence electrons. The van der Waals surface area contributed by atoms with Crippen molar-refractivity contribution < 1.29 is 10.2 Å².